The molecule has 3 amide bonds. The summed E-state index contributed by atoms with van der Waals surface area (Å²) in [4.78, 5) is 33.5. The van der Waals surface area contributed by atoms with E-state index in [1.54, 1.807) is 0 Å². The van der Waals surface area contributed by atoms with Crippen LogP contribution in [0.4, 0.5) is 4.79 Å². The third kappa shape index (κ3) is 4.80. The van der Waals surface area contributed by atoms with Crippen LogP contribution >= 0.6 is 0 Å². The van der Waals surface area contributed by atoms with Gasteiger partial charge >= 0.3 is 6.03 Å². The van der Waals surface area contributed by atoms with Gasteiger partial charge in [-0.25, -0.2) is 4.79 Å². The average molecular weight is 500 g/mol. The van der Waals surface area contributed by atoms with Crippen molar-refractivity contribution >= 4 is 11.9 Å². The summed E-state index contributed by atoms with van der Waals surface area (Å²) in [5.74, 6) is -0.0415. The van der Waals surface area contributed by atoms with Crippen LogP contribution in [0.5, 0.6) is 0 Å². The number of hydrogen-bond acceptors (Lipinski definition) is 4. The number of aryl methyl sites for hydroxylation is 2. The van der Waals surface area contributed by atoms with Crippen LogP contribution in [0.2, 0.25) is 0 Å². The second-order valence-corrected chi connectivity index (χ2v) is 10.3. The Morgan fingerprint density at radius 3 is 2.08 bits per heavy atom. The van der Waals surface area contributed by atoms with E-state index in [4.69, 9.17) is 0 Å². The van der Waals surface area contributed by atoms with E-state index in [1.807, 2.05) is 53.4 Å². The molecule has 37 heavy (non-hydrogen) atoms. The fraction of sp³-hybridized carbons (Fsp3) is 0.433. The van der Waals surface area contributed by atoms with Gasteiger partial charge in [-0.15, -0.1) is 0 Å². The first kappa shape index (κ1) is 25.2. The van der Waals surface area contributed by atoms with Gasteiger partial charge in [-0.1, -0.05) is 60.7 Å². The third-order valence-corrected chi connectivity index (χ3v) is 8.17. The number of likely N-dealkylation sites (tertiary alicyclic amines) is 1. The molecule has 3 heterocycles. The Kier molecular flexibility index (Phi) is 7.15. The lowest BCUT2D eigenvalue weighted by molar-refractivity contribution is -0.136. The summed E-state index contributed by atoms with van der Waals surface area (Å²) in [6, 6.07) is 19.9. The number of carbonyl (C=O) groups is 2. The van der Waals surface area contributed by atoms with E-state index in [2.05, 4.69) is 47.6 Å². The minimum Gasteiger partial charge on any atom is -0.309 e. The van der Waals surface area contributed by atoms with E-state index in [9.17, 15) is 9.59 Å². The topological polar surface area (TPSA) is 61.7 Å². The summed E-state index contributed by atoms with van der Waals surface area (Å²) in [6.45, 7) is 10.4. The van der Waals surface area contributed by atoms with Gasteiger partial charge in [0.05, 0.1) is 12.2 Å². The Bertz CT molecular complexity index is 1250. The highest BCUT2D eigenvalue weighted by atomic mass is 16.2. The van der Waals surface area contributed by atoms with Crippen molar-refractivity contribution in [3.05, 3.63) is 88.7 Å². The number of aromatic nitrogens is 2. The van der Waals surface area contributed by atoms with Crippen LogP contribution in [-0.2, 0) is 30.8 Å². The molecular weight excluding hydrogens is 462 g/mol. The molecule has 0 aliphatic carbocycles. The number of urea groups is 1. The van der Waals surface area contributed by atoms with Crippen molar-refractivity contribution in [2.75, 3.05) is 19.6 Å². The lowest BCUT2D eigenvalue weighted by atomic mass is 9.85. The Morgan fingerprint density at radius 2 is 1.49 bits per heavy atom. The summed E-state index contributed by atoms with van der Waals surface area (Å²) in [7, 11) is 0. The van der Waals surface area contributed by atoms with Crippen molar-refractivity contribution in [1.82, 2.24) is 24.5 Å². The Labute approximate surface area is 219 Å². The molecule has 0 radical (unpaired) electrons. The maximum Gasteiger partial charge on any atom is 0.328 e. The van der Waals surface area contributed by atoms with Gasteiger partial charge in [0.1, 0.15) is 5.54 Å². The molecule has 3 aromatic rings. The summed E-state index contributed by atoms with van der Waals surface area (Å²) in [6.07, 6.45) is 2.04. The number of carbonyl (C=O) groups excluding carboxylic acids is 2. The van der Waals surface area contributed by atoms with Crippen LogP contribution in [0.1, 0.15) is 47.8 Å². The number of benzene rings is 2. The fourth-order valence-electron chi connectivity index (χ4n) is 5.94. The molecule has 2 aromatic carbocycles. The van der Waals surface area contributed by atoms with E-state index in [-0.39, 0.29) is 11.9 Å². The normalized spacial score (nSPS) is 17.8. The minimum atomic E-state index is -0.769. The molecule has 2 saturated heterocycles. The van der Waals surface area contributed by atoms with Crippen LogP contribution in [0.15, 0.2) is 60.7 Å². The van der Waals surface area contributed by atoms with E-state index in [0.717, 1.165) is 43.9 Å². The van der Waals surface area contributed by atoms with Gasteiger partial charge in [0, 0.05) is 44.0 Å². The first-order valence-corrected chi connectivity index (χ1v) is 13.4. The number of imide groups is 1. The highest BCUT2D eigenvalue weighted by Crippen LogP contribution is 2.38. The molecule has 0 saturated carbocycles. The number of hydrogen-bond donors (Lipinski definition) is 0. The molecule has 2 aliphatic rings. The fourth-order valence-corrected chi connectivity index (χ4v) is 5.94. The zero-order chi connectivity index (χ0) is 26.0. The summed E-state index contributed by atoms with van der Waals surface area (Å²) >= 11 is 0. The molecule has 0 bridgehead atoms. The van der Waals surface area contributed by atoms with Crippen molar-refractivity contribution in [3.63, 3.8) is 0 Å². The number of piperidine rings is 1. The number of amides is 3. The molecule has 7 nitrogen and oxygen atoms in total. The van der Waals surface area contributed by atoms with E-state index < -0.39 is 5.54 Å². The smallest absolute Gasteiger partial charge is 0.309 e. The van der Waals surface area contributed by atoms with Gasteiger partial charge in [-0.3, -0.25) is 19.3 Å². The molecule has 0 N–H and O–H groups in total. The first-order valence-electron chi connectivity index (χ1n) is 13.4. The second kappa shape index (κ2) is 10.5. The lowest BCUT2D eigenvalue weighted by Gasteiger charge is -2.42. The van der Waals surface area contributed by atoms with Crippen molar-refractivity contribution in [2.24, 2.45) is 0 Å². The van der Waals surface area contributed by atoms with Gasteiger partial charge in [0.2, 0.25) is 0 Å². The largest absolute Gasteiger partial charge is 0.328 e. The quantitative estimate of drug-likeness (QED) is 0.426. The van der Waals surface area contributed by atoms with Crippen molar-refractivity contribution in [3.8, 4) is 0 Å². The third-order valence-electron chi connectivity index (χ3n) is 8.17. The molecule has 0 atom stereocenters. The highest BCUT2D eigenvalue weighted by Gasteiger charge is 2.57. The van der Waals surface area contributed by atoms with Gasteiger partial charge in [-0.2, -0.15) is 5.10 Å². The molecule has 7 heteroatoms. The molecule has 5 rings (SSSR count). The van der Waals surface area contributed by atoms with Crippen LogP contribution in [0, 0.1) is 13.8 Å². The predicted molar refractivity (Wildman–Crippen MR) is 144 cm³/mol. The maximum atomic E-state index is 14.0. The zero-order valence-electron chi connectivity index (χ0n) is 22.2. The molecular formula is C30H37N5O2. The van der Waals surface area contributed by atoms with Crippen LogP contribution < -0.4 is 0 Å². The highest BCUT2D eigenvalue weighted by molar-refractivity contribution is 6.07. The number of nitrogens with zero attached hydrogens (tertiary/aromatic N) is 5. The number of rotatable bonds is 8. The summed E-state index contributed by atoms with van der Waals surface area (Å²) in [5, 5.41) is 4.68. The van der Waals surface area contributed by atoms with Crippen LogP contribution in [0.25, 0.3) is 0 Å². The van der Waals surface area contributed by atoms with Gasteiger partial charge in [0.15, 0.2) is 0 Å². The molecule has 1 spiro atoms. The second-order valence-electron chi connectivity index (χ2n) is 10.3. The Morgan fingerprint density at radius 1 is 0.865 bits per heavy atom. The Balaban J connectivity index is 1.36. The van der Waals surface area contributed by atoms with Gasteiger partial charge in [-0.05, 0) is 51.2 Å². The van der Waals surface area contributed by atoms with Crippen molar-refractivity contribution in [2.45, 2.75) is 65.2 Å². The van der Waals surface area contributed by atoms with E-state index >= 15 is 0 Å². The first-order chi connectivity index (χ1) is 17.9. The van der Waals surface area contributed by atoms with E-state index in [0.29, 0.717) is 25.9 Å². The Hall–Kier alpha value is -3.45. The molecule has 2 fully saturated rings. The molecule has 2 aliphatic heterocycles. The maximum absolute atomic E-state index is 14.0. The molecule has 0 unspecified atom stereocenters. The monoisotopic (exact) mass is 499 g/mol. The molecule has 1 aromatic heterocycles. The van der Waals surface area contributed by atoms with Crippen molar-refractivity contribution < 1.29 is 9.59 Å². The van der Waals surface area contributed by atoms with Crippen LogP contribution in [0.3, 0.4) is 0 Å². The molecule has 194 valence electrons. The van der Waals surface area contributed by atoms with E-state index in [1.165, 1.54) is 21.7 Å². The standard InChI is InChI=1S/C30H37N5O2/c1-4-35-24(3)27(23(2)31-35)22-32-19-16-30(17-20-32)28(36)33(21-26-13-9-6-10-14-26)29(37)34(30)18-15-25-11-7-5-8-12-25/h5-14H,4,15-22H2,1-3H3. The van der Waals surface area contributed by atoms with Crippen molar-refractivity contribution in [1.29, 1.82) is 0 Å². The lowest BCUT2D eigenvalue weighted by Crippen LogP contribution is -2.56. The summed E-state index contributed by atoms with van der Waals surface area (Å²) in [5.41, 5.74) is 4.94. The van der Waals surface area contributed by atoms with Gasteiger partial charge < -0.3 is 4.90 Å². The van der Waals surface area contributed by atoms with Gasteiger partial charge in [0.25, 0.3) is 5.91 Å². The van der Waals surface area contributed by atoms with Crippen LogP contribution in [-0.4, -0.2) is 61.6 Å². The minimum absolute atomic E-state index is 0.0415. The SMILES string of the molecule is CCn1nc(C)c(CN2CCC3(CC2)C(=O)N(Cc2ccccc2)C(=O)N3CCc2ccccc2)c1C. The zero-order valence-corrected chi connectivity index (χ0v) is 22.2. The summed E-state index contributed by atoms with van der Waals surface area (Å²) < 4.78 is 2.06. The average Bonchev–Trinajstić information content (AvgIpc) is 3.30. The predicted octanol–water partition coefficient (Wildman–Crippen LogP) is 4.56.